The standard InChI is InChI=1S/C32H41N3O4S/c1-5-26-18-20-29(21-19-26)35(40(4,38)39)22-12-17-31(36)34(24-28-15-10-7-11-16-28)30(32(37)33-25(2)3)23-27-13-8-6-9-14-27/h6-11,13-16,18-21,25,30H,5,12,17,22-24H2,1-4H3,(H,33,37)/t30-/m0/s1. The second-order valence-corrected chi connectivity index (χ2v) is 12.2. The summed E-state index contributed by atoms with van der Waals surface area (Å²) in [5, 5.41) is 2.99. The van der Waals surface area contributed by atoms with E-state index < -0.39 is 16.1 Å². The van der Waals surface area contributed by atoms with E-state index in [0.29, 0.717) is 18.5 Å². The Balaban J connectivity index is 1.84. The fourth-order valence-corrected chi connectivity index (χ4v) is 5.58. The van der Waals surface area contributed by atoms with Gasteiger partial charge in [-0.2, -0.15) is 0 Å². The molecular formula is C32H41N3O4S. The summed E-state index contributed by atoms with van der Waals surface area (Å²) in [6.45, 7) is 6.28. The van der Waals surface area contributed by atoms with Crippen LogP contribution in [0, 0.1) is 0 Å². The third-order valence-electron chi connectivity index (χ3n) is 6.68. The normalized spacial score (nSPS) is 12.1. The van der Waals surface area contributed by atoms with Crippen molar-refractivity contribution in [3.8, 4) is 0 Å². The molecule has 0 saturated heterocycles. The maximum atomic E-state index is 13.8. The van der Waals surface area contributed by atoms with Crippen LogP contribution in [-0.2, 0) is 39.0 Å². The lowest BCUT2D eigenvalue weighted by Crippen LogP contribution is -2.51. The number of carbonyl (C=O) groups is 2. The van der Waals surface area contributed by atoms with Gasteiger partial charge >= 0.3 is 0 Å². The molecule has 3 aromatic rings. The van der Waals surface area contributed by atoms with Gasteiger partial charge in [-0.15, -0.1) is 0 Å². The van der Waals surface area contributed by atoms with Crippen molar-refractivity contribution in [2.24, 2.45) is 0 Å². The van der Waals surface area contributed by atoms with E-state index in [1.54, 1.807) is 17.0 Å². The lowest BCUT2D eigenvalue weighted by Gasteiger charge is -2.32. The van der Waals surface area contributed by atoms with Gasteiger partial charge in [0.25, 0.3) is 0 Å². The van der Waals surface area contributed by atoms with Crippen molar-refractivity contribution >= 4 is 27.5 Å². The SMILES string of the molecule is CCc1ccc(N(CCCC(=O)N(Cc2ccccc2)[C@@H](Cc2ccccc2)C(=O)NC(C)C)S(C)(=O)=O)cc1. The Morgan fingerprint density at radius 3 is 1.93 bits per heavy atom. The smallest absolute Gasteiger partial charge is 0.243 e. The molecule has 3 aromatic carbocycles. The monoisotopic (exact) mass is 563 g/mol. The van der Waals surface area contributed by atoms with E-state index in [1.807, 2.05) is 93.6 Å². The van der Waals surface area contributed by atoms with Gasteiger partial charge in [0.2, 0.25) is 21.8 Å². The number of anilines is 1. The molecule has 0 aliphatic heterocycles. The number of rotatable bonds is 14. The zero-order valence-electron chi connectivity index (χ0n) is 23.9. The minimum absolute atomic E-state index is 0.0816. The van der Waals surface area contributed by atoms with Crippen LogP contribution in [0.5, 0.6) is 0 Å². The molecule has 0 unspecified atom stereocenters. The van der Waals surface area contributed by atoms with E-state index in [-0.39, 0.29) is 37.4 Å². The molecule has 0 radical (unpaired) electrons. The predicted octanol–water partition coefficient (Wildman–Crippen LogP) is 4.96. The first-order valence-corrected chi connectivity index (χ1v) is 15.7. The van der Waals surface area contributed by atoms with Crippen LogP contribution in [0.25, 0.3) is 0 Å². The molecular weight excluding hydrogens is 522 g/mol. The summed E-state index contributed by atoms with van der Waals surface area (Å²) in [5.74, 6) is -0.407. The fourth-order valence-electron chi connectivity index (χ4n) is 4.62. The first kappa shape index (κ1) is 30.9. The van der Waals surface area contributed by atoms with Gasteiger partial charge in [0.15, 0.2) is 0 Å². The highest BCUT2D eigenvalue weighted by Crippen LogP contribution is 2.21. The number of hydrogen-bond donors (Lipinski definition) is 1. The fraction of sp³-hybridized carbons (Fsp3) is 0.375. The molecule has 8 heteroatoms. The Kier molecular flexibility index (Phi) is 11.3. The van der Waals surface area contributed by atoms with Crippen LogP contribution in [0.1, 0.15) is 50.3 Å². The Bertz CT molecular complexity index is 1330. The number of carbonyl (C=O) groups excluding carboxylic acids is 2. The van der Waals surface area contributed by atoms with E-state index in [9.17, 15) is 18.0 Å². The first-order chi connectivity index (χ1) is 19.1. The number of nitrogens with one attached hydrogen (secondary N) is 1. The second-order valence-electron chi connectivity index (χ2n) is 10.3. The second kappa shape index (κ2) is 14.7. The highest BCUT2D eigenvalue weighted by molar-refractivity contribution is 7.92. The Hall–Kier alpha value is -3.65. The minimum Gasteiger partial charge on any atom is -0.352 e. The Morgan fingerprint density at radius 1 is 0.825 bits per heavy atom. The van der Waals surface area contributed by atoms with Crippen molar-refractivity contribution in [2.45, 2.75) is 65.1 Å². The maximum Gasteiger partial charge on any atom is 0.243 e. The molecule has 1 N–H and O–H groups in total. The van der Waals surface area contributed by atoms with E-state index in [0.717, 1.165) is 23.1 Å². The van der Waals surface area contributed by atoms with Gasteiger partial charge in [-0.3, -0.25) is 13.9 Å². The Labute approximate surface area is 239 Å². The van der Waals surface area contributed by atoms with E-state index >= 15 is 0 Å². The summed E-state index contributed by atoms with van der Waals surface area (Å²) in [6.07, 6.45) is 2.83. The number of amides is 2. The molecule has 214 valence electrons. The lowest BCUT2D eigenvalue weighted by atomic mass is 10.0. The lowest BCUT2D eigenvalue weighted by molar-refractivity contribution is -0.141. The third kappa shape index (κ3) is 9.23. The van der Waals surface area contributed by atoms with Crippen LogP contribution in [-0.4, -0.2) is 50.0 Å². The number of hydrogen-bond acceptors (Lipinski definition) is 4. The molecule has 7 nitrogen and oxygen atoms in total. The van der Waals surface area contributed by atoms with Crippen LogP contribution in [0.15, 0.2) is 84.9 Å². The molecule has 0 heterocycles. The molecule has 0 bridgehead atoms. The highest BCUT2D eigenvalue weighted by Gasteiger charge is 2.30. The molecule has 0 saturated carbocycles. The van der Waals surface area contributed by atoms with Crippen molar-refractivity contribution in [2.75, 3.05) is 17.1 Å². The molecule has 0 aromatic heterocycles. The predicted molar refractivity (Wildman–Crippen MR) is 161 cm³/mol. The summed E-state index contributed by atoms with van der Waals surface area (Å²) in [4.78, 5) is 28.9. The Morgan fingerprint density at radius 2 is 1.40 bits per heavy atom. The topological polar surface area (TPSA) is 86.8 Å². The third-order valence-corrected chi connectivity index (χ3v) is 7.88. The quantitative estimate of drug-likeness (QED) is 0.300. The van der Waals surface area contributed by atoms with Crippen molar-refractivity contribution in [3.05, 3.63) is 102 Å². The van der Waals surface area contributed by atoms with Crippen molar-refractivity contribution < 1.29 is 18.0 Å². The zero-order valence-corrected chi connectivity index (χ0v) is 24.7. The van der Waals surface area contributed by atoms with Gasteiger partial charge in [-0.05, 0) is 55.5 Å². The minimum atomic E-state index is -3.54. The van der Waals surface area contributed by atoms with Gasteiger partial charge in [0, 0.05) is 32.0 Å². The first-order valence-electron chi connectivity index (χ1n) is 13.8. The largest absolute Gasteiger partial charge is 0.352 e. The average Bonchev–Trinajstić information content (AvgIpc) is 2.93. The molecule has 0 fully saturated rings. The molecule has 0 aliphatic rings. The maximum absolute atomic E-state index is 13.8. The van der Waals surface area contributed by atoms with E-state index in [2.05, 4.69) is 5.32 Å². The van der Waals surface area contributed by atoms with Gasteiger partial charge in [0.1, 0.15) is 6.04 Å². The van der Waals surface area contributed by atoms with Crippen LogP contribution in [0.2, 0.25) is 0 Å². The van der Waals surface area contributed by atoms with Crippen molar-refractivity contribution in [3.63, 3.8) is 0 Å². The molecule has 3 rings (SSSR count). The molecule has 1 atom stereocenters. The summed E-state index contributed by atoms with van der Waals surface area (Å²) in [6, 6.07) is 25.9. The van der Waals surface area contributed by atoms with Gasteiger partial charge in [-0.1, -0.05) is 79.7 Å². The summed E-state index contributed by atoms with van der Waals surface area (Å²) < 4.78 is 26.6. The van der Waals surface area contributed by atoms with Crippen LogP contribution in [0.3, 0.4) is 0 Å². The van der Waals surface area contributed by atoms with Crippen molar-refractivity contribution in [1.29, 1.82) is 0 Å². The van der Waals surface area contributed by atoms with Crippen LogP contribution in [0.4, 0.5) is 5.69 Å². The summed E-state index contributed by atoms with van der Waals surface area (Å²) >= 11 is 0. The molecule has 0 aliphatic carbocycles. The van der Waals surface area contributed by atoms with Crippen molar-refractivity contribution in [1.82, 2.24) is 10.2 Å². The number of benzene rings is 3. The summed E-state index contributed by atoms with van der Waals surface area (Å²) in [5.41, 5.74) is 3.57. The highest BCUT2D eigenvalue weighted by atomic mass is 32.2. The average molecular weight is 564 g/mol. The molecule has 2 amide bonds. The summed E-state index contributed by atoms with van der Waals surface area (Å²) in [7, 11) is -3.54. The number of sulfonamides is 1. The van der Waals surface area contributed by atoms with Gasteiger partial charge in [0.05, 0.1) is 11.9 Å². The zero-order chi connectivity index (χ0) is 29.1. The number of aryl methyl sites for hydroxylation is 1. The van der Waals surface area contributed by atoms with E-state index in [4.69, 9.17) is 0 Å². The van der Waals surface area contributed by atoms with Gasteiger partial charge in [-0.25, -0.2) is 8.42 Å². The van der Waals surface area contributed by atoms with E-state index in [1.165, 1.54) is 10.6 Å². The van der Waals surface area contributed by atoms with Gasteiger partial charge < -0.3 is 10.2 Å². The van der Waals surface area contributed by atoms with Crippen LogP contribution >= 0.6 is 0 Å². The van der Waals surface area contributed by atoms with Crippen LogP contribution < -0.4 is 9.62 Å². The molecule has 40 heavy (non-hydrogen) atoms. The number of nitrogens with zero attached hydrogens (tertiary/aromatic N) is 2. The molecule has 0 spiro atoms.